The van der Waals surface area contributed by atoms with E-state index >= 15 is 0 Å². The molecule has 1 aliphatic heterocycles. The summed E-state index contributed by atoms with van der Waals surface area (Å²) in [6, 6.07) is 0. The van der Waals surface area contributed by atoms with Crippen LogP contribution in [0.4, 0.5) is 0 Å². The van der Waals surface area contributed by atoms with Crippen LogP contribution in [-0.4, -0.2) is 24.9 Å². The topological polar surface area (TPSA) is 29.5 Å². The number of hydrogen-bond acceptors (Lipinski definition) is 2. The summed E-state index contributed by atoms with van der Waals surface area (Å²) >= 11 is 0. The van der Waals surface area contributed by atoms with Gasteiger partial charge in [-0.1, -0.05) is 13.3 Å². The van der Waals surface area contributed by atoms with Crippen LogP contribution in [0, 0.1) is 11.8 Å². The standard InChI is InChI=1S/C10H20O2/c1-2-9(8-11)7-10-3-5-12-6-4-10/h9-11H,2-8H2,1H3. The first kappa shape index (κ1) is 10.0. The van der Waals surface area contributed by atoms with E-state index < -0.39 is 0 Å². The Kier molecular flexibility index (Phi) is 4.62. The van der Waals surface area contributed by atoms with E-state index in [1.807, 2.05) is 0 Å². The van der Waals surface area contributed by atoms with Gasteiger partial charge in [0.1, 0.15) is 0 Å². The molecule has 1 saturated heterocycles. The fourth-order valence-corrected chi connectivity index (χ4v) is 1.82. The Bertz CT molecular complexity index is 104. The second-order valence-corrected chi connectivity index (χ2v) is 3.75. The third-order valence-electron chi connectivity index (χ3n) is 2.84. The molecule has 0 spiro atoms. The van der Waals surface area contributed by atoms with Crippen molar-refractivity contribution >= 4 is 0 Å². The van der Waals surface area contributed by atoms with Gasteiger partial charge in [-0.2, -0.15) is 0 Å². The fourth-order valence-electron chi connectivity index (χ4n) is 1.82. The smallest absolute Gasteiger partial charge is 0.0468 e. The zero-order chi connectivity index (χ0) is 8.81. The number of rotatable bonds is 4. The Balaban J connectivity index is 2.18. The van der Waals surface area contributed by atoms with Crippen molar-refractivity contribution in [3.63, 3.8) is 0 Å². The molecule has 0 saturated carbocycles. The van der Waals surface area contributed by atoms with Gasteiger partial charge in [-0.25, -0.2) is 0 Å². The molecular formula is C10H20O2. The molecule has 0 aromatic heterocycles. The van der Waals surface area contributed by atoms with Crippen LogP contribution in [-0.2, 0) is 4.74 Å². The maximum atomic E-state index is 9.03. The van der Waals surface area contributed by atoms with E-state index in [1.165, 1.54) is 19.3 Å². The minimum Gasteiger partial charge on any atom is -0.396 e. The van der Waals surface area contributed by atoms with E-state index in [4.69, 9.17) is 9.84 Å². The lowest BCUT2D eigenvalue weighted by Gasteiger charge is -2.25. The highest BCUT2D eigenvalue weighted by Gasteiger charge is 2.17. The molecule has 2 nitrogen and oxygen atoms in total. The Morgan fingerprint density at radius 1 is 1.42 bits per heavy atom. The monoisotopic (exact) mass is 172 g/mol. The highest BCUT2D eigenvalue weighted by molar-refractivity contribution is 4.67. The molecule has 1 aliphatic rings. The summed E-state index contributed by atoms with van der Waals surface area (Å²) in [7, 11) is 0. The van der Waals surface area contributed by atoms with Crippen molar-refractivity contribution in [2.75, 3.05) is 19.8 Å². The largest absolute Gasteiger partial charge is 0.396 e. The number of aliphatic hydroxyl groups is 1. The van der Waals surface area contributed by atoms with Gasteiger partial charge in [-0.3, -0.25) is 0 Å². The fraction of sp³-hybridized carbons (Fsp3) is 1.00. The molecule has 0 bridgehead atoms. The molecule has 1 fully saturated rings. The Labute approximate surface area is 74.9 Å². The maximum absolute atomic E-state index is 9.03. The van der Waals surface area contributed by atoms with Crippen molar-refractivity contribution in [2.24, 2.45) is 11.8 Å². The van der Waals surface area contributed by atoms with Crippen molar-refractivity contribution in [2.45, 2.75) is 32.6 Å². The molecule has 1 unspecified atom stereocenters. The summed E-state index contributed by atoms with van der Waals surface area (Å²) in [4.78, 5) is 0. The zero-order valence-electron chi connectivity index (χ0n) is 7.96. The molecule has 1 N–H and O–H groups in total. The summed E-state index contributed by atoms with van der Waals surface area (Å²) in [5.41, 5.74) is 0. The number of hydrogen-bond donors (Lipinski definition) is 1. The second-order valence-electron chi connectivity index (χ2n) is 3.75. The molecule has 2 heteroatoms. The average molecular weight is 172 g/mol. The highest BCUT2D eigenvalue weighted by Crippen LogP contribution is 2.24. The van der Waals surface area contributed by atoms with Crippen molar-refractivity contribution < 1.29 is 9.84 Å². The lowest BCUT2D eigenvalue weighted by atomic mass is 9.88. The maximum Gasteiger partial charge on any atom is 0.0468 e. The summed E-state index contributed by atoms with van der Waals surface area (Å²) < 4.78 is 5.29. The Morgan fingerprint density at radius 3 is 2.58 bits per heavy atom. The Hall–Kier alpha value is -0.0800. The molecule has 12 heavy (non-hydrogen) atoms. The minimum atomic E-state index is 0.355. The van der Waals surface area contributed by atoms with Crippen LogP contribution in [0.15, 0.2) is 0 Å². The van der Waals surface area contributed by atoms with Crippen LogP contribution >= 0.6 is 0 Å². The van der Waals surface area contributed by atoms with Gasteiger partial charge in [-0.15, -0.1) is 0 Å². The van der Waals surface area contributed by atoms with E-state index in [1.54, 1.807) is 0 Å². The Morgan fingerprint density at radius 2 is 2.08 bits per heavy atom. The first-order chi connectivity index (χ1) is 5.86. The van der Waals surface area contributed by atoms with E-state index in [-0.39, 0.29) is 0 Å². The summed E-state index contributed by atoms with van der Waals surface area (Å²) in [6.45, 7) is 4.35. The van der Waals surface area contributed by atoms with Crippen LogP contribution in [0.2, 0.25) is 0 Å². The predicted octanol–water partition coefficient (Wildman–Crippen LogP) is 1.82. The number of aliphatic hydroxyl groups excluding tert-OH is 1. The van der Waals surface area contributed by atoms with Crippen LogP contribution in [0.25, 0.3) is 0 Å². The third-order valence-corrected chi connectivity index (χ3v) is 2.84. The third kappa shape index (κ3) is 3.11. The lowest BCUT2D eigenvalue weighted by Crippen LogP contribution is -2.19. The van der Waals surface area contributed by atoms with E-state index in [0.29, 0.717) is 12.5 Å². The first-order valence-corrected chi connectivity index (χ1v) is 5.05. The molecule has 1 heterocycles. The van der Waals surface area contributed by atoms with Crippen molar-refractivity contribution in [3.8, 4) is 0 Å². The van der Waals surface area contributed by atoms with Gasteiger partial charge in [0.05, 0.1) is 0 Å². The molecule has 0 aromatic carbocycles. The summed E-state index contributed by atoms with van der Waals surface area (Å²) in [5.74, 6) is 1.32. The molecular weight excluding hydrogens is 152 g/mol. The summed E-state index contributed by atoms with van der Waals surface area (Å²) in [5, 5.41) is 9.03. The van der Waals surface area contributed by atoms with Gasteiger partial charge >= 0.3 is 0 Å². The van der Waals surface area contributed by atoms with Gasteiger partial charge < -0.3 is 9.84 Å². The first-order valence-electron chi connectivity index (χ1n) is 5.05. The minimum absolute atomic E-state index is 0.355. The number of ether oxygens (including phenoxy) is 1. The molecule has 1 rings (SSSR count). The lowest BCUT2D eigenvalue weighted by molar-refractivity contribution is 0.0537. The van der Waals surface area contributed by atoms with Gasteiger partial charge in [0.15, 0.2) is 0 Å². The average Bonchev–Trinajstić information content (AvgIpc) is 2.16. The van der Waals surface area contributed by atoms with Gasteiger partial charge in [0.2, 0.25) is 0 Å². The van der Waals surface area contributed by atoms with E-state index in [9.17, 15) is 0 Å². The van der Waals surface area contributed by atoms with Crippen LogP contribution in [0.1, 0.15) is 32.6 Å². The quantitative estimate of drug-likeness (QED) is 0.701. The normalized spacial score (nSPS) is 22.5. The molecule has 1 atom stereocenters. The van der Waals surface area contributed by atoms with Gasteiger partial charge in [0.25, 0.3) is 0 Å². The second kappa shape index (κ2) is 5.55. The molecule has 0 radical (unpaired) electrons. The molecule has 0 aromatic rings. The summed E-state index contributed by atoms with van der Waals surface area (Å²) in [6.07, 6.45) is 4.68. The van der Waals surface area contributed by atoms with Crippen LogP contribution in [0.5, 0.6) is 0 Å². The van der Waals surface area contributed by atoms with Crippen molar-refractivity contribution in [1.29, 1.82) is 0 Å². The highest BCUT2D eigenvalue weighted by atomic mass is 16.5. The SMILES string of the molecule is CCC(CO)CC1CCOCC1. The molecule has 0 aliphatic carbocycles. The zero-order valence-corrected chi connectivity index (χ0v) is 7.96. The van der Waals surface area contributed by atoms with Gasteiger partial charge in [0, 0.05) is 19.8 Å². The van der Waals surface area contributed by atoms with E-state index in [0.717, 1.165) is 25.6 Å². The van der Waals surface area contributed by atoms with Crippen molar-refractivity contribution in [3.05, 3.63) is 0 Å². The van der Waals surface area contributed by atoms with Crippen LogP contribution < -0.4 is 0 Å². The van der Waals surface area contributed by atoms with Crippen LogP contribution in [0.3, 0.4) is 0 Å². The van der Waals surface area contributed by atoms with Crippen molar-refractivity contribution in [1.82, 2.24) is 0 Å². The molecule has 0 amide bonds. The predicted molar refractivity (Wildman–Crippen MR) is 49.0 cm³/mol. The molecule has 72 valence electrons. The van der Waals surface area contributed by atoms with Gasteiger partial charge in [-0.05, 0) is 31.1 Å². The van der Waals surface area contributed by atoms with E-state index in [2.05, 4.69) is 6.92 Å².